The molecule has 0 aliphatic rings. The van der Waals surface area contributed by atoms with E-state index < -0.39 is 0 Å². The highest BCUT2D eigenvalue weighted by Gasteiger charge is 2.09. The van der Waals surface area contributed by atoms with E-state index in [9.17, 15) is 4.79 Å². The lowest BCUT2D eigenvalue weighted by atomic mass is 10.2. The van der Waals surface area contributed by atoms with E-state index in [-0.39, 0.29) is 12.5 Å². The maximum absolute atomic E-state index is 12.2. The van der Waals surface area contributed by atoms with Crippen molar-refractivity contribution in [3.63, 3.8) is 0 Å². The minimum absolute atomic E-state index is 0.0817. The number of carbonyl (C=O) groups excluding carboxylic acids is 1. The zero-order chi connectivity index (χ0) is 19.3. The Balaban J connectivity index is 1.41. The van der Waals surface area contributed by atoms with Crippen LogP contribution in [0.25, 0.3) is 20.9 Å². The van der Waals surface area contributed by atoms with Crippen molar-refractivity contribution in [1.29, 1.82) is 0 Å². The second-order valence-electron chi connectivity index (χ2n) is 5.94. The number of hydrogen-bond donors (Lipinski definition) is 1. The van der Waals surface area contributed by atoms with Crippen molar-refractivity contribution in [2.24, 2.45) is 0 Å². The van der Waals surface area contributed by atoms with Crippen molar-refractivity contribution >= 4 is 33.3 Å². The molecule has 2 aromatic heterocycles. The molecule has 28 heavy (non-hydrogen) atoms. The van der Waals surface area contributed by atoms with Crippen molar-refractivity contribution in [2.75, 3.05) is 19.0 Å². The first-order valence-corrected chi connectivity index (χ1v) is 9.41. The first-order valence-electron chi connectivity index (χ1n) is 8.60. The van der Waals surface area contributed by atoms with Crippen molar-refractivity contribution in [3.05, 3.63) is 66.9 Å². The van der Waals surface area contributed by atoms with Crippen LogP contribution in [0.4, 0.5) is 5.69 Å². The molecule has 7 heteroatoms. The van der Waals surface area contributed by atoms with Crippen molar-refractivity contribution < 1.29 is 14.3 Å². The highest BCUT2D eigenvalue weighted by atomic mass is 32.1. The van der Waals surface area contributed by atoms with Gasteiger partial charge in [0.25, 0.3) is 5.91 Å². The van der Waals surface area contributed by atoms with E-state index in [4.69, 9.17) is 9.47 Å². The lowest BCUT2D eigenvalue weighted by molar-refractivity contribution is -0.118. The fourth-order valence-electron chi connectivity index (χ4n) is 2.64. The SMILES string of the molecule is COc1ccc(OCC(=O)Nc2cccc(-c3nc4cccnc4s3)c2)cc1. The van der Waals surface area contributed by atoms with Gasteiger partial charge in [0.05, 0.1) is 7.11 Å². The molecule has 0 radical (unpaired) electrons. The molecule has 6 nitrogen and oxygen atoms in total. The number of ether oxygens (including phenoxy) is 2. The Labute approximate surface area is 165 Å². The molecule has 0 unspecified atom stereocenters. The molecular weight excluding hydrogens is 374 g/mol. The number of thiazole rings is 1. The fourth-order valence-corrected chi connectivity index (χ4v) is 3.54. The van der Waals surface area contributed by atoms with Crippen LogP contribution in [-0.4, -0.2) is 29.6 Å². The third kappa shape index (κ3) is 4.10. The van der Waals surface area contributed by atoms with Gasteiger partial charge in [-0.1, -0.05) is 23.5 Å². The number of hydrogen-bond acceptors (Lipinski definition) is 6. The zero-order valence-electron chi connectivity index (χ0n) is 15.1. The Morgan fingerprint density at radius 1 is 1.07 bits per heavy atom. The molecule has 4 aromatic rings. The van der Waals surface area contributed by atoms with Crippen LogP contribution < -0.4 is 14.8 Å². The van der Waals surface area contributed by atoms with Gasteiger partial charge in [0.1, 0.15) is 26.9 Å². The monoisotopic (exact) mass is 391 g/mol. The number of amides is 1. The Kier molecular flexibility index (Phi) is 5.16. The molecule has 0 saturated carbocycles. The molecule has 0 fully saturated rings. The Hall–Kier alpha value is -3.45. The van der Waals surface area contributed by atoms with E-state index in [0.29, 0.717) is 11.4 Å². The molecule has 2 aromatic carbocycles. The van der Waals surface area contributed by atoms with E-state index in [2.05, 4.69) is 15.3 Å². The third-order valence-corrected chi connectivity index (χ3v) is 5.02. The number of benzene rings is 2. The van der Waals surface area contributed by atoms with Crippen LogP contribution in [0, 0.1) is 0 Å². The summed E-state index contributed by atoms with van der Waals surface area (Å²) in [5.74, 6) is 1.10. The number of pyridine rings is 1. The molecule has 4 rings (SSSR count). The minimum Gasteiger partial charge on any atom is -0.497 e. The molecule has 0 aliphatic heterocycles. The Bertz CT molecular complexity index is 1080. The van der Waals surface area contributed by atoms with E-state index in [1.165, 1.54) is 11.3 Å². The molecule has 140 valence electrons. The van der Waals surface area contributed by atoms with Crippen molar-refractivity contribution in [1.82, 2.24) is 9.97 Å². The molecule has 0 aliphatic carbocycles. The summed E-state index contributed by atoms with van der Waals surface area (Å²) in [6.07, 6.45) is 1.75. The van der Waals surface area contributed by atoms with Gasteiger partial charge in [-0.2, -0.15) is 0 Å². The molecule has 1 N–H and O–H groups in total. The second kappa shape index (κ2) is 8.06. The number of fused-ring (bicyclic) bond motifs is 1. The first-order chi connectivity index (χ1) is 13.7. The van der Waals surface area contributed by atoms with Crippen molar-refractivity contribution in [2.45, 2.75) is 0 Å². The minimum atomic E-state index is -0.237. The average Bonchev–Trinajstić information content (AvgIpc) is 3.17. The van der Waals surface area contributed by atoms with Gasteiger partial charge < -0.3 is 14.8 Å². The summed E-state index contributed by atoms with van der Waals surface area (Å²) in [4.78, 5) is 22.0. The van der Waals surface area contributed by atoms with Crippen LogP contribution in [0.1, 0.15) is 0 Å². The van der Waals surface area contributed by atoms with Gasteiger partial charge in [-0.05, 0) is 48.5 Å². The highest BCUT2D eigenvalue weighted by molar-refractivity contribution is 7.21. The summed E-state index contributed by atoms with van der Waals surface area (Å²) in [5.41, 5.74) is 2.48. The summed E-state index contributed by atoms with van der Waals surface area (Å²) in [6.45, 7) is -0.0817. The number of methoxy groups -OCH3 is 1. The summed E-state index contributed by atoms with van der Waals surface area (Å²) >= 11 is 1.52. The number of rotatable bonds is 6. The fraction of sp³-hybridized carbons (Fsp3) is 0.0952. The number of aromatic nitrogens is 2. The molecule has 0 atom stereocenters. The summed E-state index contributed by atoms with van der Waals surface area (Å²) in [5, 5.41) is 3.71. The van der Waals surface area contributed by atoms with Crippen LogP contribution in [0.3, 0.4) is 0 Å². The van der Waals surface area contributed by atoms with E-state index in [1.807, 2.05) is 36.4 Å². The van der Waals surface area contributed by atoms with E-state index in [0.717, 1.165) is 26.7 Å². The van der Waals surface area contributed by atoms with Gasteiger partial charge in [-0.3, -0.25) is 4.79 Å². The van der Waals surface area contributed by atoms with Gasteiger partial charge >= 0.3 is 0 Å². The Morgan fingerprint density at radius 2 is 1.89 bits per heavy atom. The smallest absolute Gasteiger partial charge is 0.262 e. The second-order valence-corrected chi connectivity index (χ2v) is 6.92. The van der Waals surface area contributed by atoms with Crippen LogP contribution >= 0.6 is 11.3 Å². The lowest BCUT2D eigenvalue weighted by Crippen LogP contribution is -2.20. The van der Waals surface area contributed by atoms with Crippen LogP contribution in [-0.2, 0) is 4.79 Å². The third-order valence-electron chi connectivity index (χ3n) is 3.99. The first kappa shape index (κ1) is 17.9. The van der Waals surface area contributed by atoms with Crippen LogP contribution in [0.15, 0.2) is 66.9 Å². The van der Waals surface area contributed by atoms with Gasteiger partial charge in [0.2, 0.25) is 0 Å². The molecule has 0 bridgehead atoms. The van der Waals surface area contributed by atoms with Crippen molar-refractivity contribution in [3.8, 4) is 22.1 Å². The average molecular weight is 391 g/mol. The highest BCUT2D eigenvalue weighted by Crippen LogP contribution is 2.30. The number of anilines is 1. The number of nitrogens with one attached hydrogen (secondary N) is 1. The predicted octanol–water partition coefficient (Wildman–Crippen LogP) is 4.38. The lowest BCUT2D eigenvalue weighted by Gasteiger charge is -2.09. The number of nitrogens with zero attached hydrogens (tertiary/aromatic N) is 2. The summed E-state index contributed by atoms with van der Waals surface area (Å²) in [7, 11) is 1.60. The molecule has 0 spiro atoms. The maximum Gasteiger partial charge on any atom is 0.262 e. The molecule has 2 heterocycles. The van der Waals surface area contributed by atoms with Gasteiger partial charge in [-0.15, -0.1) is 0 Å². The molecular formula is C21H17N3O3S. The van der Waals surface area contributed by atoms with Gasteiger partial charge in [0, 0.05) is 17.4 Å². The van der Waals surface area contributed by atoms with Gasteiger partial charge in [0.15, 0.2) is 6.61 Å². The van der Waals surface area contributed by atoms with E-state index in [1.54, 1.807) is 37.6 Å². The maximum atomic E-state index is 12.2. The normalized spacial score (nSPS) is 10.6. The molecule has 0 saturated heterocycles. The standard InChI is InChI=1S/C21H17N3O3S/c1-26-16-7-9-17(10-8-16)27-13-19(25)23-15-5-2-4-14(12-15)20-24-18-6-3-11-22-21(18)28-20/h2-12H,13H2,1H3,(H,23,25). The topological polar surface area (TPSA) is 73.3 Å². The number of carbonyl (C=O) groups is 1. The summed E-state index contributed by atoms with van der Waals surface area (Å²) < 4.78 is 10.6. The van der Waals surface area contributed by atoms with Crippen LogP contribution in [0.2, 0.25) is 0 Å². The Morgan fingerprint density at radius 3 is 2.68 bits per heavy atom. The quantitative estimate of drug-likeness (QED) is 0.528. The van der Waals surface area contributed by atoms with E-state index >= 15 is 0 Å². The predicted molar refractivity (Wildman–Crippen MR) is 110 cm³/mol. The molecule has 1 amide bonds. The summed E-state index contributed by atoms with van der Waals surface area (Å²) in [6, 6.07) is 18.4. The van der Waals surface area contributed by atoms with Gasteiger partial charge in [-0.25, -0.2) is 9.97 Å². The largest absolute Gasteiger partial charge is 0.497 e. The van der Waals surface area contributed by atoms with Crippen LogP contribution in [0.5, 0.6) is 11.5 Å². The zero-order valence-corrected chi connectivity index (χ0v) is 15.9.